The zero-order valence-corrected chi connectivity index (χ0v) is 29.4. The van der Waals surface area contributed by atoms with Crippen molar-refractivity contribution in [3.63, 3.8) is 0 Å². The van der Waals surface area contributed by atoms with Crippen LogP contribution in [0.3, 0.4) is 0 Å². The number of likely N-dealkylation sites (N-methyl/N-ethyl adjacent to an activating group) is 1. The number of nitrogens with one attached hydrogen (secondary N) is 1. The first-order valence-electron chi connectivity index (χ1n) is 16.1. The highest BCUT2D eigenvalue weighted by Crippen LogP contribution is 2.40. The quantitative estimate of drug-likeness (QED) is 0.279. The summed E-state index contributed by atoms with van der Waals surface area (Å²) in [6, 6.07) is 5.69. The molecule has 1 aromatic carbocycles. The van der Waals surface area contributed by atoms with E-state index in [9.17, 15) is 19.2 Å². The molecule has 1 heterocycles. The van der Waals surface area contributed by atoms with Gasteiger partial charge < -0.3 is 42.0 Å². The van der Waals surface area contributed by atoms with Crippen LogP contribution in [-0.4, -0.2) is 78.6 Å². The Kier molecular flexibility index (Phi) is 11.8. The van der Waals surface area contributed by atoms with Gasteiger partial charge in [0.05, 0.1) is 33.1 Å². The van der Waals surface area contributed by atoms with E-state index in [-0.39, 0.29) is 48.1 Å². The zero-order valence-electron chi connectivity index (χ0n) is 28.6. The molecule has 4 rings (SSSR count). The molecule has 2 aromatic rings. The molecule has 1 atom stereocenters. The summed E-state index contributed by atoms with van der Waals surface area (Å²) >= 11 is 0. The number of quaternary nitrogens is 1. The highest BCUT2D eigenvalue weighted by Gasteiger charge is 2.37. The molecule has 0 bridgehead atoms. The van der Waals surface area contributed by atoms with Gasteiger partial charge in [-0.25, -0.2) is 0 Å². The third kappa shape index (κ3) is 8.91. The van der Waals surface area contributed by atoms with Gasteiger partial charge in [0.1, 0.15) is 12.6 Å². The number of benzene rings is 1. The maximum absolute atomic E-state index is 13.3. The number of ketones is 1. The van der Waals surface area contributed by atoms with Gasteiger partial charge in [-0.3, -0.25) is 19.2 Å². The number of nitrogens with zero attached hydrogens (tertiary/aromatic N) is 2. The van der Waals surface area contributed by atoms with Gasteiger partial charge in [0.15, 0.2) is 11.9 Å². The number of Topliss-reactive ketones (excluding diaryl/α,β-unsaturated/α-hetero) is 1. The minimum absolute atomic E-state index is 0. The van der Waals surface area contributed by atoms with Gasteiger partial charge in [0, 0.05) is 47.7 Å². The van der Waals surface area contributed by atoms with Gasteiger partial charge >= 0.3 is 11.9 Å². The molecule has 1 saturated carbocycles. The molecule has 2 aliphatic rings. The van der Waals surface area contributed by atoms with Gasteiger partial charge in [0.2, 0.25) is 0 Å². The molecule has 11 heteroatoms. The molecule has 1 unspecified atom stereocenters. The van der Waals surface area contributed by atoms with Crippen molar-refractivity contribution in [2.45, 2.75) is 104 Å². The van der Waals surface area contributed by atoms with Gasteiger partial charge in [-0.15, -0.1) is 0 Å². The fourth-order valence-corrected chi connectivity index (χ4v) is 7.08. The Morgan fingerprint density at radius 2 is 1.76 bits per heavy atom. The van der Waals surface area contributed by atoms with Crippen LogP contribution in [0, 0.1) is 12.3 Å². The molecule has 10 nitrogen and oxygen atoms in total. The van der Waals surface area contributed by atoms with E-state index in [2.05, 4.69) is 37.6 Å². The molecule has 2 aliphatic carbocycles. The summed E-state index contributed by atoms with van der Waals surface area (Å²) in [4.78, 5) is 50.0. The minimum Gasteiger partial charge on any atom is -1.00 e. The molecule has 1 aromatic heterocycles. The van der Waals surface area contributed by atoms with Crippen LogP contribution in [0.2, 0.25) is 0 Å². The number of carbonyl (C=O) groups is 4. The number of ether oxygens (including phenoxy) is 2. The van der Waals surface area contributed by atoms with Gasteiger partial charge in [-0.2, -0.15) is 0 Å². The minimum atomic E-state index is -0.542. The highest BCUT2D eigenvalue weighted by atomic mass is 35.5. The number of rotatable bonds is 11. The number of esters is 2. The van der Waals surface area contributed by atoms with E-state index >= 15 is 0 Å². The van der Waals surface area contributed by atoms with Gasteiger partial charge in [0.25, 0.3) is 5.91 Å². The Hall–Kier alpha value is -3.37. The van der Waals surface area contributed by atoms with Gasteiger partial charge in [-0.05, 0) is 74.6 Å². The van der Waals surface area contributed by atoms with Crippen molar-refractivity contribution >= 4 is 29.3 Å². The highest BCUT2D eigenvalue weighted by molar-refractivity contribution is 6.01. The molecule has 0 radical (unpaired) electrons. The second-order valence-corrected chi connectivity index (χ2v) is 14.6. The molecule has 254 valence electrons. The zero-order chi connectivity index (χ0) is 33.3. The third-order valence-corrected chi connectivity index (χ3v) is 8.89. The topological polar surface area (TPSA) is 130 Å². The lowest BCUT2D eigenvalue weighted by Gasteiger charge is -2.31. The van der Waals surface area contributed by atoms with Crippen molar-refractivity contribution in [1.29, 1.82) is 0 Å². The fourth-order valence-electron chi connectivity index (χ4n) is 7.08. The second-order valence-electron chi connectivity index (χ2n) is 14.6. The number of carbonyl (C=O) groups excluding carboxylic acids is 4. The SMILES string of the molecule is CCc1c2c(n(-c3ccc(C(N)=O)c(NC4CCC(OC(=O)CC(C[N+](C)(C)C)OC(C)=O)CC4)c3)c1C)CC(C)(C)CC2=O.[Cl-]. The van der Waals surface area contributed by atoms with Crippen molar-refractivity contribution in [2.75, 3.05) is 33.0 Å². The standard InChI is InChI=1S/C35H50N4O6.ClH/c1-9-27-21(2)38(30-18-35(4,5)19-31(41)33(27)30)24-12-15-28(34(36)43)29(16-24)37-23-10-13-25(14-11-23)45-32(42)17-26(44-22(3)40)20-39(6,7)8;/h12,15-16,23,25-26H,9-11,13-14,17-20H2,1-8H3,(H2-,36,37,43);1H. The Morgan fingerprint density at radius 3 is 2.33 bits per heavy atom. The van der Waals surface area contributed by atoms with E-state index in [0.717, 1.165) is 53.9 Å². The van der Waals surface area contributed by atoms with Crippen molar-refractivity contribution in [3.05, 3.63) is 46.3 Å². The fraction of sp³-hybridized carbons (Fsp3) is 0.600. The Morgan fingerprint density at radius 1 is 1.11 bits per heavy atom. The van der Waals surface area contributed by atoms with Crippen molar-refractivity contribution in [1.82, 2.24) is 4.57 Å². The number of fused-ring (bicyclic) bond motifs is 1. The lowest BCUT2D eigenvalue weighted by molar-refractivity contribution is -0.873. The van der Waals surface area contributed by atoms with Crippen LogP contribution in [0.4, 0.5) is 5.69 Å². The lowest BCUT2D eigenvalue weighted by Crippen LogP contribution is -3.00. The van der Waals surface area contributed by atoms with Gasteiger partial charge in [-0.1, -0.05) is 20.8 Å². The predicted octanol–water partition coefficient (Wildman–Crippen LogP) is 1.90. The van der Waals surface area contributed by atoms with Crippen LogP contribution in [0.25, 0.3) is 5.69 Å². The normalized spacial score (nSPS) is 19.8. The summed E-state index contributed by atoms with van der Waals surface area (Å²) in [6.07, 6.45) is 4.18. The largest absolute Gasteiger partial charge is 1.00 e. The number of hydrogen-bond donors (Lipinski definition) is 2. The average Bonchev–Trinajstić information content (AvgIpc) is 3.18. The molecule has 1 fully saturated rings. The van der Waals surface area contributed by atoms with E-state index in [0.29, 0.717) is 41.5 Å². The predicted molar refractivity (Wildman–Crippen MR) is 174 cm³/mol. The average molecular weight is 659 g/mol. The second kappa shape index (κ2) is 14.6. The van der Waals surface area contributed by atoms with E-state index in [1.54, 1.807) is 6.07 Å². The summed E-state index contributed by atoms with van der Waals surface area (Å²) in [5.74, 6) is -1.10. The monoisotopic (exact) mass is 658 g/mol. The van der Waals surface area contributed by atoms with Crippen LogP contribution in [0.5, 0.6) is 0 Å². The first kappa shape index (κ1) is 37.1. The number of primary amides is 1. The first-order chi connectivity index (χ1) is 21.0. The van der Waals surface area contributed by atoms with E-state index in [1.807, 2.05) is 33.3 Å². The van der Waals surface area contributed by atoms with E-state index < -0.39 is 18.0 Å². The molecule has 1 amide bonds. The molecule has 0 aliphatic heterocycles. The number of amides is 1. The number of nitrogens with two attached hydrogens (primary N) is 1. The number of halogens is 1. The lowest BCUT2D eigenvalue weighted by atomic mass is 9.75. The van der Waals surface area contributed by atoms with Crippen LogP contribution < -0.4 is 23.5 Å². The molecule has 0 saturated heterocycles. The maximum atomic E-state index is 13.3. The summed E-state index contributed by atoms with van der Waals surface area (Å²) in [7, 11) is 5.94. The Labute approximate surface area is 279 Å². The smallest absolute Gasteiger partial charge is 0.310 e. The Bertz CT molecular complexity index is 1470. The number of anilines is 1. The van der Waals surface area contributed by atoms with Crippen LogP contribution >= 0.6 is 0 Å². The molecular formula is C35H51ClN4O6. The number of aromatic nitrogens is 1. The third-order valence-electron chi connectivity index (χ3n) is 8.89. The number of hydrogen-bond acceptors (Lipinski definition) is 7. The summed E-state index contributed by atoms with van der Waals surface area (Å²) < 4.78 is 13.9. The maximum Gasteiger partial charge on any atom is 0.310 e. The van der Waals surface area contributed by atoms with Crippen LogP contribution in [-0.2, 0) is 31.9 Å². The first-order valence-corrected chi connectivity index (χ1v) is 16.1. The van der Waals surface area contributed by atoms with E-state index in [1.165, 1.54) is 6.92 Å². The summed E-state index contributed by atoms with van der Waals surface area (Å²) in [5.41, 5.74) is 11.6. The van der Waals surface area contributed by atoms with Crippen LogP contribution in [0.15, 0.2) is 18.2 Å². The summed E-state index contributed by atoms with van der Waals surface area (Å²) in [5, 5.41) is 3.56. The van der Waals surface area contributed by atoms with Crippen molar-refractivity contribution < 1.29 is 45.5 Å². The molecule has 46 heavy (non-hydrogen) atoms. The van der Waals surface area contributed by atoms with Crippen molar-refractivity contribution in [2.24, 2.45) is 11.1 Å². The Balaban J connectivity index is 0.00000576. The van der Waals surface area contributed by atoms with Crippen LogP contribution in [0.1, 0.15) is 104 Å². The molecule has 0 spiro atoms. The van der Waals surface area contributed by atoms with Crippen molar-refractivity contribution in [3.8, 4) is 5.69 Å². The molecule has 3 N–H and O–H groups in total. The van der Waals surface area contributed by atoms with E-state index in [4.69, 9.17) is 15.2 Å². The molecular weight excluding hydrogens is 608 g/mol. The summed E-state index contributed by atoms with van der Waals surface area (Å²) in [6.45, 7) is 10.3.